The van der Waals surface area contributed by atoms with E-state index in [1.165, 1.54) is 0 Å². The summed E-state index contributed by atoms with van der Waals surface area (Å²) in [5, 5.41) is 2.79. The van der Waals surface area contributed by atoms with Crippen LogP contribution in [0, 0.1) is 0 Å². The van der Waals surface area contributed by atoms with Crippen molar-refractivity contribution in [3.05, 3.63) is 66.2 Å². The Hall–Kier alpha value is -2.82. The fraction of sp³-hybridized carbons (Fsp3) is 0.300. The highest BCUT2D eigenvalue weighted by molar-refractivity contribution is 6.35. The molecule has 0 saturated carbocycles. The number of hydrogen-bond donors (Lipinski definition) is 1. The lowest BCUT2D eigenvalue weighted by atomic mass is 10.1. The molecule has 0 spiro atoms. The van der Waals surface area contributed by atoms with Gasteiger partial charge in [-0.2, -0.15) is 0 Å². The Labute approximate surface area is 148 Å². The first-order valence-corrected chi connectivity index (χ1v) is 8.60. The highest BCUT2D eigenvalue weighted by Crippen LogP contribution is 2.16. The summed E-state index contributed by atoms with van der Waals surface area (Å²) in [6.45, 7) is 4.46. The largest absolute Gasteiger partial charge is 0.368 e. The van der Waals surface area contributed by atoms with E-state index in [4.69, 9.17) is 0 Å². The maximum absolute atomic E-state index is 12.4. The molecule has 5 heteroatoms. The van der Waals surface area contributed by atoms with Gasteiger partial charge in [0, 0.05) is 31.9 Å². The van der Waals surface area contributed by atoms with Crippen molar-refractivity contribution in [1.29, 1.82) is 0 Å². The van der Waals surface area contributed by atoms with Crippen LogP contribution in [0.15, 0.2) is 60.7 Å². The van der Waals surface area contributed by atoms with Crippen molar-refractivity contribution >= 4 is 17.5 Å². The zero-order valence-electron chi connectivity index (χ0n) is 14.4. The van der Waals surface area contributed by atoms with Crippen molar-refractivity contribution in [2.75, 3.05) is 31.1 Å². The molecule has 1 atom stereocenters. The predicted octanol–water partition coefficient (Wildman–Crippen LogP) is 2.21. The van der Waals surface area contributed by atoms with Crippen LogP contribution in [0.1, 0.15) is 18.5 Å². The van der Waals surface area contributed by atoms with Crippen LogP contribution in [0.2, 0.25) is 0 Å². The van der Waals surface area contributed by atoms with Gasteiger partial charge in [0.15, 0.2) is 0 Å². The summed E-state index contributed by atoms with van der Waals surface area (Å²) in [5.41, 5.74) is 2.13. The van der Waals surface area contributed by atoms with Crippen LogP contribution in [-0.4, -0.2) is 42.9 Å². The highest BCUT2D eigenvalue weighted by Gasteiger charge is 2.27. The van der Waals surface area contributed by atoms with Crippen LogP contribution in [0.5, 0.6) is 0 Å². The number of piperazine rings is 1. The van der Waals surface area contributed by atoms with Crippen molar-refractivity contribution in [2.24, 2.45) is 0 Å². The summed E-state index contributed by atoms with van der Waals surface area (Å²) in [6.07, 6.45) is 0. The van der Waals surface area contributed by atoms with Crippen LogP contribution >= 0.6 is 0 Å². The Morgan fingerprint density at radius 3 is 2.04 bits per heavy atom. The number of para-hydroxylation sites is 1. The number of carbonyl (C=O) groups excluding carboxylic acids is 2. The number of anilines is 1. The summed E-state index contributed by atoms with van der Waals surface area (Å²) in [5.74, 6) is -0.986. The molecule has 1 aliphatic heterocycles. The van der Waals surface area contributed by atoms with Gasteiger partial charge in [0.2, 0.25) is 0 Å². The third-order valence-corrected chi connectivity index (χ3v) is 4.53. The first-order valence-electron chi connectivity index (χ1n) is 8.60. The number of hydrogen-bond acceptors (Lipinski definition) is 3. The zero-order valence-corrected chi connectivity index (χ0v) is 14.4. The quantitative estimate of drug-likeness (QED) is 0.874. The van der Waals surface area contributed by atoms with Crippen molar-refractivity contribution < 1.29 is 9.59 Å². The monoisotopic (exact) mass is 337 g/mol. The molecule has 25 heavy (non-hydrogen) atoms. The van der Waals surface area contributed by atoms with Crippen molar-refractivity contribution in [3.63, 3.8) is 0 Å². The van der Waals surface area contributed by atoms with Gasteiger partial charge in [-0.3, -0.25) is 9.59 Å². The molecule has 1 N–H and O–H groups in total. The molecular formula is C20H23N3O2. The van der Waals surface area contributed by atoms with Gasteiger partial charge in [0.1, 0.15) is 0 Å². The van der Waals surface area contributed by atoms with E-state index in [9.17, 15) is 9.59 Å². The van der Waals surface area contributed by atoms with Gasteiger partial charge in [-0.05, 0) is 24.6 Å². The summed E-state index contributed by atoms with van der Waals surface area (Å²) in [6, 6.07) is 19.6. The molecule has 3 rings (SSSR count). The smallest absolute Gasteiger partial charge is 0.312 e. The molecule has 2 aromatic carbocycles. The van der Waals surface area contributed by atoms with E-state index < -0.39 is 11.8 Å². The molecule has 1 saturated heterocycles. The van der Waals surface area contributed by atoms with Gasteiger partial charge in [-0.25, -0.2) is 0 Å². The molecule has 0 bridgehead atoms. The average molecular weight is 337 g/mol. The van der Waals surface area contributed by atoms with Gasteiger partial charge in [-0.15, -0.1) is 0 Å². The van der Waals surface area contributed by atoms with Crippen LogP contribution < -0.4 is 10.2 Å². The van der Waals surface area contributed by atoms with E-state index in [-0.39, 0.29) is 6.04 Å². The number of rotatable bonds is 3. The summed E-state index contributed by atoms with van der Waals surface area (Å²) in [7, 11) is 0. The second-order valence-corrected chi connectivity index (χ2v) is 6.22. The predicted molar refractivity (Wildman–Crippen MR) is 98.2 cm³/mol. The molecule has 0 radical (unpaired) electrons. The lowest BCUT2D eigenvalue weighted by molar-refractivity contribution is -0.146. The third-order valence-electron chi connectivity index (χ3n) is 4.53. The highest BCUT2D eigenvalue weighted by atomic mass is 16.2. The Kier molecular flexibility index (Phi) is 5.33. The topological polar surface area (TPSA) is 52.7 Å². The molecule has 0 aliphatic carbocycles. The maximum atomic E-state index is 12.4. The molecule has 5 nitrogen and oxygen atoms in total. The minimum Gasteiger partial charge on any atom is -0.368 e. The lowest BCUT2D eigenvalue weighted by Gasteiger charge is -2.35. The molecule has 2 aromatic rings. The summed E-state index contributed by atoms with van der Waals surface area (Å²) < 4.78 is 0. The van der Waals surface area contributed by atoms with E-state index in [1.54, 1.807) is 4.90 Å². The number of benzene rings is 2. The normalized spacial score (nSPS) is 15.6. The van der Waals surface area contributed by atoms with Crippen LogP contribution in [0.4, 0.5) is 5.69 Å². The third kappa shape index (κ3) is 4.18. The summed E-state index contributed by atoms with van der Waals surface area (Å²) >= 11 is 0. The summed E-state index contributed by atoms with van der Waals surface area (Å²) in [4.78, 5) is 28.5. The lowest BCUT2D eigenvalue weighted by Crippen LogP contribution is -2.52. The maximum Gasteiger partial charge on any atom is 0.312 e. The Balaban J connectivity index is 1.53. The Morgan fingerprint density at radius 2 is 1.44 bits per heavy atom. The van der Waals surface area contributed by atoms with E-state index in [1.807, 2.05) is 55.5 Å². The zero-order chi connectivity index (χ0) is 17.6. The van der Waals surface area contributed by atoms with Gasteiger partial charge in [0.05, 0.1) is 6.04 Å². The fourth-order valence-electron chi connectivity index (χ4n) is 3.03. The standard InChI is InChI=1S/C20H23N3O2/c1-16(17-8-4-2-5-9-17)21-19(24)20(25)23-14-12-22(13-15-23)18-10-6-3-7-11-18/h2-11,16H,12-15H2,1H3,(H,21,24). The van der Waals surface area contributed by atoms with Crippen molar-refractivity contribution in [3.8, 4) is 0 Å². The van der Waals surface area contributed by atoms with Gasteiger partial charge in [0.25, 0.3) is 0 Å². The first kappa shape index (κ1) is 17.0. The Bertz CT molecular complexity index is 710. The second-order valence-electron chi connectivity index (χ2n) is 6.22. The molecule has 1 heterocycles. The van der Waals surface area contributed by atoms with Crippen LogP contribution in [0.25, 0.3) is 0 Å². The Morgan fingerprint density at radius 1 is 0.880 bits per heavy atom. The van der Waals surface area contributed by atoms with Gasteiger partial charge < -0.3 is 15.1 Å². The van der Waals surface area contributed by atoms with Gasteiger partial charge >= 0.3 is 11.8 Å². The molecule has 1 fully saturated rings. The number of nitrogens with one attached hydrogen (secondary N) is 1. The molecule has 0 aromatic heterocycles. The molecule has 2 amide bonds. The molecular weight excluding hydrogens is 314 g/mol. The van der Waals surface area contributed by atoms with Crippen LogP contribution in [0.3, 0.4) is 0 Å². The minimum absolute atomic E-state index is 0.191. The van der Waals surface area contributed by atoms with Gasteiger partial charge in [-0.1, -0.05) is 48.5 Å². The average Bonchev–Trinajstić information content (AvgIpc) is 2.69. The van der Waals surface area contributed by atoms with E-state index in [2.05, 4.69) is 22.3 Å². The molecule has 1 aliphatic rings. The SMILES string of the molecule is CC(NC(=O)C(=O)N1CCN(c2ccccc2)CC1)c1ccccc1. The molecule has 130 valence electrons. The van der Waals surface area contributed by atoms with E-state index >= 15 is 0 Å². The first-order chi connectivity index (χ1) is 12.1. The van der Waals surface area contributed by atoms with E-state index in [0.29, 0.717) is 13.1 Å². The van der Waals surface area contributed by atoms with Crippen LogP contribution in [-0.2, 0) is 9.59 Å². The van der Waals surface area contributed by atoms with Crippen molar-refractivity contribution in [2.45, 2.75) is 13.0 Å². The molecule has 1 unspecified atom stereocenters. The number of amides is 2. The van der Waals surface area contributed by atoms with E-state index in [0.717, 1.165) is 24.3 Å². The van der Waals surface area contributed by atoms with Crippen molar-refractivity contribution in [1.82, 2.24) is 10.2 Å². The minimum atomic E-state index is -0.537. The fourth-order valence-corrected chi connectivity index (χ4v) is 3.03. The number of nitrogens with zero attached hydrogens (tertiary/aromatic N) is 2. The number of carbonyl (C=O) groups is 2. The second kappa shape index (κ2) is 7.83.